The summed E-state index contributed by atoms with van der Waals surface area (Å²) in [6.07, 6.45) is 5.94. The Morgan fingerprint density at radius 3 is 2.40 bits per heavy atom. The summed E-state index contributed by atoms with van der Waals surface area (Å²) in [5.41, 5.74) is -0.518. The molecule has 9 rings (SSSR count). The van der Waals surface area contributed by atoms with E-state index in [9.17, 15) is 19.8 Å². The molecule has 5 aliphatic heterocycles. The Bertz CT molecular complexity index is 2310. The second-order valence-corrected chi connectivity index (χ2v) is 18.7. The number of aliphatic hydroxyl groups is 2. The second kappa shape index (κ2) is 14.1. The largest absolute Gasteiger partial charge is 0.496 e. The summed E-state index contributed by atoms with van der Waals surface area (Å²) in [4.78, 5) is 53.3. The van der Waals surface area contributed by atoms with Crippen molar-refractivity contribution in [2.75, 3.05) is 66.0 Å². The molecule has 322 valence electrons. The van der Waals surface area contributed by atoms with Crippen LogP contribution in [0.4, 0.5) is 5.69 Å². The number of anilines is 1. The zero-order chi connectivity index (χ0) is 42.7. The number of hydrogen-bond donors (Lipinski definition) is 3. The van der Waals surface area contributed by atoms with Crippen LogP contribution in [0, 0.1) is 18.3 Å². The number of aromatic amines is 1. The molecule has 0 amide bonds. The van der Waals surface area contributed by atoms with Gasteiger partial charge in [0.2, 0.25) is 5.60 Å². The fourth-order valence-electron chi connectivity index (χ4n) is 13.7. The van der Waals surface area contributed by atoms with Gasteiger partial charge in [-0.25, -0.2) is 4.79 Å². The van der Waals surface area contributed by atoms with Gasteiger partial charge in [-0.3, -0.25) is 19.4 Å². The highest BCUT2D eigenvalue weighted by molar-refractivity contribution is 5.95. The van der Waals surface area contributed by atoms with Crippen LogP contribution >= 0.6 is 0 Å². The van der Waals surface area contributed by atoms with Crippen molar-refractivity contribution in [2.45, 2.75) is 106 Å². The maximum Gasteiger partial charge on any atom is 0.344 e. The Hall–Kier alpha value is -4.43. The maximum atomic E-state index is 15.4. The molecule has 1 spiro atoms. The van der Waals surface area contributed by atoms with Crippen molar-refractivity contribution in [3.63, 3.8) is 0 Å². The van der Waals surface area contributed by atoms with Crippen LogP contribution in [0.5, 0.6) is 5.75 Å². The number of piperidine rings is 1. The first-order chi connectivity index (χ1) is 28.6. The molecule has 13 heteroatoms. The molecular formula is C47H60N4O9. The first kappa shape index (κ1) is 40.9. The summed E-state index contributed by atoms with van der Waals surface area (Å²) >= 11 is 0. The van der Waals surface area contributed by atoms with Gasteiger partial charge in [0, 0.05) is 90.9 Å². The SMILES string of the molecule is CC[C@]1(O)C[C@@H]2CN(CCc3c([nH]c4ccc(C)cc34)[C@@](C(=O)OC)(c3cc4c(cc3OC)N(C)[C@H]3[C@@](O)(C(=O)OC)[C@H](OC(C)=O)[C@]5(CC)C=CCN6CC[C@]43[C@@H]65)C2)C1. The topological polar surface area (TPSA) is 154 Å². The van der Waals surface area contributed by atoms with Gasteiger partial charge in [-0.05, 0) is 87.2 Å². The lowest BCUT2D eigenvalue weighted by molar-refractivity contribution is -0.228. The van der Waals surface area contributed by atoms with Crippen molar-refractivity contribution in [1.82, 2.24) is 14.8 Å². The molecule has 2 aromatic carbocycles. The number of likely N-dealkylation sites (N-methyl/N-ethyl adjacent to an activating group) is 1. The van der Waals surface area contributed by atoms with Crippen LogP contribution in [0.3, 0.4) is 0 Å². The minimum Gasteiger partial charge on any atom is -0.496 e. The van der Waals surface area contributed by atoms with Gasteiger partial charge < -0.3 is 39.0 Å². The van der Waals surface area contributed by atoms with E-state index in [1.54, 1.807) is 7.11 Å². The van der Waals surface area contributed by atoms with E-state index in [4.69, 9.17) is 18.9 Å². The minimum atomic E-state index is -2.30. The molecule has 1 unspecified atom stereocenters. The van der Waals surface area contributed by atoms with Crippen molar-refractivity contribution in [1.29, 1.82) is 0 Å². The van der Waals surface area contributed by atoms with Gasteiger partial charge in [-0.1, -0.05) is 37.6 Å². The summed E-state index contributed by atoms with van der Waals surface area (Å²) in [6.45, 7) is 10.7. The number of nitrogens with one attached hydrogen (secondary N) is 1. The van der Waals surface area contributed by atoms with E-state index < -0.39 is 57.5 Å². The third-order valence-corrected chi connectivity index (χ3v) is 15.8. The Morgan fingerprint density at radius 1 is 0.950 bits per heavy atom. The van der Waals surface area contributed by atoms with Gasteiger partial charge in [0.15, 0.2) is 6.10 Å². The Labute approximate surface area is 352 Å². The molecule has 2 bridgehead atoms. The summed E-state index contributed by atoms with van der Waals surface area (Å²) in [6, 6.07) is 9.15. The van der Waals surface area contributed by atoms with Gasteiger partial charge in [-0.2, -0.15) is 0 Å². The molecule has 1 aromatic heterocycles. The number of ether oxygens (including phenoxy) is 4. The van der Waals surface area contributed by atoms with E-state index >= 15 is 4.79 Å². The predicted octanol–water partition coefficient (Wildman–Crippen LogP) is 4.30. The molecule has 3 fully saturated rings. The molecule has 13 nitrogen and oxygen atoms in total. The average molecular weight is 825 g/mol. The first-order valence-electron chi connectivity index (χ1n) is 21.6. The lowest BCUT2D eigenvalue weighted by atomic mass is 9.47. The third-order valence-electron chi connectivity index (χ3n) is 15.8. The standard InChI is InChI=1S/C47H60N4O9/c1-9-43(55)23-29-24-46(41(53)58-7,37-30(14-18-50(25-29)26-43)31-20-27(3)12-13-34(31)48-37)33-21-32-35(22-36(33)57-6)49(5)39-45(32)16-19-51-17-11-15-44(10-2,38(45)51)40(60-28(4)52)47(39,56)42(54)59-8/h11-13,15,20-22,29,38-40,48,55-56H,9-10,14,16-19,23-26H2,1-8H3/t29-,38-,39+,40+,43-,44+,45+,46-,47-/m0/s1. The number of carbonyl (C=O) groups is 3. The number of aromatic nitrogens is 1. The first-order valence-corrected chi connectivity index (χ1v) is 21.6. The summed E-state index contributed by atoms with van der Waals surface area (Å²) in [5, 5.41) is 26.4. The molecule has 6 aliphatic rings. The molecule has 6 heterocycles. The van der Waals surface area contributed by atoms with Crippen molar-refractivity contribution in [3.05, 3.63) is 70.4 Å². The molecule has 2 saturated heterocycles. The van der Waals surface area contributed by atoms with E-state index in [0.717, 1.165) is 39.0 Å². The van der Waals surface area contributed by atoms with Crippen LogP contribution in [0.15, 0.2) is 42.5 Å². The Morgan fingerprint density at radius 2 is 1.72 bits per heavy atom. The number of esters is 3. The highest BCUT2D eigenvalue weighted by atomic mass is 16.6. The number of aryl methyl sites for hydroxylation is 1. The van der Waals surface area contributed by atoms with Crippen molar-refractivity contribution >= 4 is 34.5 Å². The zero-order valence-corrected chi connectivity index (χ0v) is 36.2. The maximum absolute atomic E-state index is 15.4. The van der Waals surface area contributed by atoms with Crippen LogP contribution in [-0.2, 0) is 45.8 Å². The second-order valence-electron chi connectivity index (χ2n) is 18.7. The highest BCUT2D eigenvalue weighted by Crippen LogP contribution is 2.68. The zero-order valence-electron chi connectivity index (χ0n) is 36.2. The lowest BCUT2D eigenvalue weighted by Gasteiger charge is -2.63. The number of hydrogen-bond acceptors (Lipinski definition) is 12. The number of benzene rings is 2. The molecule has 0 radical (unpaired) electrons. The van der Waals surface area contributed by atoms with Crippen LogP contribution in [0.1, 0.15) is 80.8 Å². The van der Waals surface area contributed by atoms with Gasteiger partial charge in [0.05, 0.1) is 33.0 Å². The highest BCUT2D eigenvalue weighted by Gasteiger charge is 2.80. The number of carbonyl (C=O) groups excluding carboxylic acids is 3. The molecule has 3 N–H and O–H groups in total. The molecule has 3 aromatic rings. The van der Waals surface area contributed by atoms with E-state index in [-0.39, 0.29) is 12.0 Å². The Kier molecular flexibility index (Phi) is 9.59. The van der Waals surface area contributed by atoms with Gasteiger partial charge in [0.1, 0.15) is 11.2 Å². The molecule has 1 aliphatic carbocycles. The monoisotopic (exact) mass is 824 g/mol. The molecule has 1 saturated carbocycles. The smallest absolute Gasteiger partial charge is 0.344 e. The number of H-pyrrole nitrogens is 1. The minimum absolute atomic E-state index is 0.102. The quantitative estimate of drug-likeness (QED) is 0.177. The van der Waals surface area contributed by atoms with Crippen LogP contribution < -0.4 is 9.64 Å². The predicted molar refractivity (Wildman–Crippen MR) is 225 cm³/mol. The fourth-order valence-corrected chi connectivity index (χ4v) is 13.7. The normalized spacial score (nSPS) is 36.6. The Balaban J connectivity index is 1.37. The average Bonchev–Trinajstić information content (AvgIpc) is 3.89. The van der Waals surface area contributed by atoms with Crippen LogP contribution in [0.25, 0.3) is 10.9 Å². The van der Waals surface area contributed by atoms with Crippen molar-refractivity contribution in [2.24, 2.45) is 11.3 Å². The summed E-state index contributed by atoms with van der Waals surface area (Å²) < 4.78 is 24.0. The van der Waals surface area contributed by atoms with E-state index in [2.05, 4.69) is 58.1 Å². The van der Waals surface area contributed by atoms with Crippen LogP contribution in [-0.4, -0.2) is 133 Å². The van der Waals surface area contributed by atoms with Crippen molar-refractivity contribution < 1.29 is 43.5 Å². The number of nitrogens with zero attached hydrogens (tertiary/aromatic N) is 3. The van der Waals surface area contributed by atoms with E-state index in [0.29, 0.717) is 82.6 Å². The molecule has 10 atom stereocenters. The van der Waals surface area contributed by atoms with Gasteiger partial charge >= 0.3 is 17.9 Å². The molecule has 60 heavy (non-hydrogen) atoms. The summed E-state index contributed by atoms with van der Waals surface area (Å²) in [5.74, 6) is -1.56. The van der Waals surface area contributed by atoms with Gasteiger partial charge in [-0.15, -0.1) is 0 Å². The summed E-state index contributed by atoms with van der Waals surface area (Å²) in [7, 11) is 6.16. The lowest BCUT2D eigenvalue weighted by Crippen LogP contribution is -2.81. The fraction of sp³-hybridized carbons (Fsp3) is 0.596. The van der Waals surface area contributed by atoms with Crippen molar-refractivity contribution in [3.8, 4) is 5.75 Å². The number of fused-ring (bicyclic) bond motifs is 6. The number of rotatable bonds is 7. The van der Waals surface area contributed by atoms with E-state index in [1.807, 2.05) is 31.9 Å². The third kappa shape index (κ3) is 5.27. The van der Waals surface area contributed by atoms with Gasteiger partial charge in [0.25, 0.3) is 0 Å². The van der Waals surface area contributed by atoms with Crippen LogP contribution in [0.2, 0.25) is 0 Å². The number of methoxy groups -OCH3 is 3. The van der Waals surface area contributed by atoms with E-state index in [1.165, 1.54) is 21.1 Å². The molecular weight excluding hydrogens is 765 g/mol.